The molecule has 0 aliphatic rings. The van der Waals surface area contributed by atoms with E-state index in [4.69, 9.17) is 20.2 Å². The third kappa shape index (κ3) is 3.91. The molecular formula is C16H7ClF4O5S. The van der Waals surface area contributed by atoms with Crippen molar-refractivity contribution in [2.75, 3.05) is 0 Å². The summed E-state index contributed by atoms with van der Waals surface area (Å²) in [4.78, 5) is 10.8. The molecule has 11 heteroatoms. The van der Waals surface area contributed by atoms with Crippen molar-refractivity contribution in [3.05, 3.63) is 69.3 Å². The van der Waals surface area contributed by atoms with Crippen LogP contribution in [0, 0.1) is 5.82 Å². The Kier molecular flexibility index (Phi) is 4.64. The van der Waals surface area contributed by atoms with E-state index >= 15 is 0 Å². The Labute approximate surface area is 153 Å². The van der Waals surface area contributed by atoms with Gasteiger partial charge in [0.1, 0.15) is 22.0 Å². The molecule has 142 valence electrons. The zero-order valence-electron chi connectivity index (χ0n) is 12.9. The van der Waals surface area contributed by atoms with Crippen LogP contribution in [0.1, 0.15) is 5.56 Å². The largest absolute Gasteiger partial charge is 0.423 e. The van der Waals surface area contributed by atoms with E-state index in [1.54, 1.807) is 0 Å². The predicted molar refractivity (Wildman–Crippen MR) is 86.7 cm³/mol. The molecule has 0 amide bonds. The van der Waals surface area contributed by atoms with Crippen molar-refractivity contribution < 1.29 is 34.6 Å². The van der Waals surface area contributed by atoms with Gasteiger partial charge in [-0.3, -0.25) is 0 Å². The Balaban J connectivity index is 2.07. The molecule has 0 saturated heterocycles. The number of hydrogen-bond donors (Lipinski definition) is 0. The minimum atomic E-state index is -4.82. The van der Waals surface area contributed by atoms with Crippen LogP contribution in [0.15, 0.2) is 56.6 Å². The van der Waals surface area contributed by atoms with Gasteiger partial charge >= 0.3 is 21.9 Å². The van der Waals surface area contributed by atoms with Crippen LogP contribution >= 0.6 is 11.6 Å². The zero-order valence-corrected chi connectivity index (χ0v) is 14.5. The Morgan fingerprint density at radius 2 is 1.74 bits per heavy atom. The maximum atomic E-state index is 13.1. The first-order chi connectivity index (χ1) is 12.5. The summed E-state index contributed by atoms with van der Waals surface area (Å²) in [5, 5.41) is -0.895. The molecule has 0 aliphatic carbocycles. The molecule has 1 aromatic heterocycles. The van der Waals surface area contributed by atoms with E-state index in [9.17, 15) is 30.8 Å². The van der Waals surface area contributed by atoms with Crippen molar-refractivity contribution in [1.29, 1.82) is 0 Å². The molecule has 5 nitrogen and oxygen atoms in total. The Morgan fingerprint density at radius 3 is 2.37 bits per heavy atom. The van der Waals surface area contributed by atoms with Crippen molar-refractivity contribution in [3.8, 4) is 5.75 Å². The number of benzene rings is 2. The highest BCUT2D eigenvalue weighted by molar-refractivity contribution is 7.87. The van der Waals surface area contributed by atoms with Crippen LogP contribution in [0.4, 0.5) is 17.6 Å². The highest BCUT2D eigenvalue weighted by Gasteiger charge is 2.34. The maximum absolute atomic E-state index is 13.1. The topological polar surface area (TPSA) is 73.6 Å². The standard InChI is InChI=1S/C16H7ClF4O5S/c17-12-5-8(18)1-4-14(12)27(23,24)26-9-2-3-10-11(16(19,20)21)7-15(22)25-13(10)6-9/h1-7H. The van der Waals surface area contributed by atoms with Gasteiger partial charge in [0, 0.05) is 17.5 Å². The number of fused-ring (bicyclic) bond motifs is 1. The van der Waals surface area contributed by atoms with Crippen molar-refractivity contribution >= 4 is 32.7 Å². The van der Waals surface area contributed by atoms with Gasteiger partial charge in [0.15, 0.2) is 0 Å². The average Bonchev–Trinajstić information content (AvgIpc) is 2.52. The quantitative estimate of drug-likeness (QED) is 0.356. The Bertz CT molecular complexity index is 1200. The lowest BCUT2D eigenvalue weighted by Gasteiger charge is -2.11. The number of hydrogen-bond acceptors (Lipinski definition) is 5. The van der Waals surface area contributed by atoms with E-state index in [1.807, 2.05) is 0 Å². The molecule has 0 atom stereocenters. The smallest absolute Gasteiger partial charge is 0.417 e. The molecule has 1 heterocycles. The highest BCUT2D eigenvalue weighted by atomic mass is 35.5. The molecule has 0 radical (unpaired) electrons. The highest BCUT2D eigenvalue weighted by Crippen LogP contribution is 2.35. The van der Waals surface area contributed by atoms with Crippen molar-refractivity contribution in [2.45, 2.75) is 11.1 Å². The third-order valence-electron chi connectivity index (χ3n) is 3.39. The normalized spacial score (nSPS) is 12.3. The second kappa shape index (κ2) is 6.54. The van der Waals surface area contributed by atoms with Crippen molar-refractivity contribution in [2.24, 2.45) is 0 Å². The number of rotatable bonds is 3. The molecule has 0 N–H and O–H groups in total. The SMILES string of the molecule is O=c1cc(C(F)(F)F)c2ccc(OS(=O)(=O)c3ccc(F)cc3Cl)cc2o1. The molecular weight excluding hydrogens is 416 g/mol. The molecule has 3 aromatic rings. The minimum Gasteiger partial charge on any atom is -0.423 e. The van der Waals surface area contributed by atoms with Crippen molar-refractivity contribution in [3.63, 3.8) is 0 Å². The van der Waals surface area contributed by atoms with Crippen LogP contribution in [0.5, 0.6) is 5.75 Å². The maximum Gasteiger partial charge on any atom is 0.417 e. The van der Waals surface area contributed by atoms with E-state index in [1.165, 1.54) is 0 Å². The van der Waals surface area contributed by atoms with E-state index in [-0.39, 0.29) is 6.07 Å². The summed E-state index contributed by atoms with van der Waals surface area (Å²) < 4.78 is 86.1. The summed E-state index contributed by atoms with van der Waals surface area (Å²) in [7, 11) is -4.52. The van der Waals surface area contributed by atoms with Gasteiger partial charge in [0.25, 0.3) is 0 Å². The predicted octanol–water partition coefficient (Wildman–Crippen LogP) is 4.37. The lowest BCUT2D eigenvalue weighted by Crippen LogP contribution is -2.12. The second-order valence-electron chi connectivity index (χ2n) is 5.25. The van der Waals surface area contributed by atoms with Crippen LogP contribution < -0.4 is 9.81 Å². The fourth-order valence-electron chi connectivity index (χ4n) is 2.28. The molecule has 0 aliphatic heterocycles. The second-order valence-corrected chi connectivity index (χ2v) is 7.17. The average molecular weight is 423 g/mol. The van der Waals surface area contributed by atoms with Gasteiger partial charge < -0.3 is 8.60 Å². The molecule has 3 rings (SSSR count). The zero-order chi connectivity index (χ0) is 20.0. The van der Waals surface area contributed by atoms with Crippen LogP contribution in [-0.4, -0.2) is 8.42 Å². The van der Waals surface area contributed by atoms with Gasteiger partial charge in [-0.05, 0) is 30.3 Å². The molecule has 0 spiro atoms. The summed E-state index contributed by atoms with van der Waals surface area (Å²) >= 11 is 5.68. The summed E-state index contributed by atoms with van der Waals surface area (Å²) in [6.07, 6.45) is -4.82. The fourth-order valence-corrected chi connectivity index (χ4v) is 3.71. The van der Waals surface area contributed by atoms with Gasteiger partial charge in [-0.15, -0.1) is 0 Å². The van der Waals surface area contributed by atoms with E-state index in [0.717, 1.165) is 36.4 Å². The monoisotopic (exact) mass is 422 g/mol. The molecule has 27 heavy (non-hydrogen) atoms. The third-order valence-corrected chi connectivity index (χ3v) is 5.12. The van der Waals surface area contributed by atoms with Gasteiger partial charge in [0.05, 0.1) is 10.6 Å². The van der Waals surface area contributed by atoms with Crippen LogP contribution in [-0.2, 0) is 16.3 Å². The molecule has 0 fully saturated rings. The number of alkyl halides is 3. The Hall–Kier alpha value is -2.59. The van der Waals surface area contributed by atoms with Gasteiger partial charge in [-0.25, -0.2) is 9.18 Å². The summed E-state index contributed by atoms with van der Waals surface area (Å²) in [6, 6.07) is 5.43. The van der Waals surface area contributed by atoms with E-state index in [0.29, 0.717) is 0 Å². The summed E-state index contributed by atoms with van der Waals surface area (Å²) in [5.41, 5.74) is -3.02. The molecule has 0 unspecified atom stereocenters. The molecule has 2 aromatic carbocycles. The van der Waals surface area contributed by atoms with E-state index < -0.39 is 59.9 Å². The lowest BCUT2D eigenvalue weighted by molar-refractivity contribution is -0.136. The first kappa shape index (κ1) is 19.2. The van der Waals surface area contributed by atoms with E-state index in [2.05, 4.69) is 0 Å². The van der Waals surface area contributed by atoms with Gasteiger partial charge in [-0.2, -0.15) is 21.6 Å². The minimum absolute atomic E-state index is 0.290. The first-order valence-corrected chi connectivity index (χ1v) is 8.81. The Morgan fingerprint density at radius 1 is 1.04 bits per heavy atom. The first-order valence-electron chi connectivity index (χ1n) is 7.02. The lowest BCUT2D eigenvalue weighted by atomic mass is 10.1. The molecule has 0 saturated carbocycles. The summed E-state index contributed by atoms with van der Waals surface area (Å²) in [5.74, 6) is -1.20. The fraction of sp³-hybridized carbons (Fsp3) is 0.0625. The van der Waals surface area contributed by atoms with Gasteiger partial charge in [-0.1, -0.05) is 11.6 Å². The number of halogens is 5. The van der Waals surface area contributed by atoms with Crippen LogP contribution in [0.3, 0.4) is 0 Å². The molecule has 0 bridgehead atoms. The van der Waals surface area contributed by atoms with Crippen molar-refractivity contribution in [1.82, 2.24) is 0 Å². The summed E-state index contributed by atoms with van der Waals surface area (Å²) in [6.45, 7) is 0. The van der Waals surface area contributed by atoms with Crippen LogP contribution in [0.25, 0.3) is 11.0 Å². The van der Waals surface area contributed by atoms with Gasteiger partial charge in [0.2, 0.25) is 0 Å². The van der Waals surface area contributed by atoms with Crippen LogP contribution in [0.2, 0.25) is 5.02 Å².